The summed E-state index contributed by atoms with van der Waals surface area (Å²) in [5.74, 6) is -0.426. The van der Waals surface area contributed by atoms with E-state index in [2.05, 4.69) is 0 Å². The lowest BCUT2D eigenvalue weighted by Gasteiger charge is -2.46. The molecular weight excluding hydrogens is 640 g/mol. The van der Waals surface area contributed by atoms with Crippen molar-refractivity contribution in [2.45, 2.75) is 75.1 Å². The van der Waals surface area contributed by atoms with Crippen LogP contribution in [-0.4, -0.2) is 81.6 Å². The predicted octanol–water partition coefficient (Wildman–Crippen LogP) is 5.48. The van der Waals surface area contributed by atoms with Crippen molar-refractivity contribution in [3.05, 3.63) is 144 Å². The third-order valence-electron chi connectivity index (χ3n) is 8.97. The zero-order valence-corrected chi connectivity index (χ0v) is 27.9. The van der Waals surface area contributed by atoms with Gasteiger partial charge in [0.15, 0.2) is 12.6 Å². The number of fused-ring (bicyclic) bond motifs is 1. The van der Waals surface area contributed by atoms with Gasteiger partial charge in [0, 0.05) is 7.11 Å². The van der Waals surface area contributed by atoms with Gasteiger partial charge in [0.05, 0.1) is 32.0 Å². The molecule has 9 atom stereocenters. The van der Waals surface area contributed by atoms with Crippen LogP contribution in [0.1, 0.15) is 27.0 Å². The fraction of sp³-hybridized carbons (Fsp3) is 0.375. The highest BCUT2D eigenvalue weighted by molar-refractivity contribution is 5.89. The molecule has 262 valence electrons. The summed E-state index contributed by atoms with van der Waals surface area (Å²) < 4.78 is 56.5. The first kappa shape index (κ1) is 34.5. The Morgan fingerprint density at radius 2 is 1.10 bits per heavy atom. The quantitative estimate of drug-likeness (QED) is 0.112. The lowest BCUT2D eigenvalue weighted by atomic mass is 9.97. The number of rotatable bonds is 16. The SMILES string of the molecule is CO[C@H]1O[C@H](COCc2ccccc2)[C@H](OCc2ccccc2)[C@@H](O[C@@H]2O[C@H](COC(=O)c3ccccc3)[C@@H]3O[C@H]23)[C@H]1OCc1ccccc1. The van der Waals surface area contributed by atoms with Crippen molar-refractivity contribution in [2.75, 3.05) is 20.3 Å². The molecule has 3 aliphatic heterocycles. The van der Waals surface area contributed by atoms with E-state index in [4.69, 9.17) is 42.6 Å². The van der Waals surface area contributed by atoms with Crippen LogP contribution in [0.5, 0.6) is 0 Å². The monoisotopic (exact) mass is 682 g/mol. The smallest absolute Gasteiger partial charge is 0.338 e. The molecule has 50 heavy (non-hydrogen) atoms. The zero-order valence-electron chi connectivity index (χ0n) is 27.9. The third-order valence-corrected chi connectivity index (χ3v) is 8.97. The topological polar surface area (TPSA) is 103 Å². The van der Waals surface area contributed by atoms with Gasteiger partial charge in [-0.3, -0.25) is 0 Å². The van der Waals surface area contributed by atoms with Gasteiger partial charge in [-0.05, 0) is 28.8 Å². The van der Waals surface area contributed by atoms with Gasteiger partial charge in [-0.1, -0.05) is 109 Å². The summed E-state index contributed by atoms with van der Waals surface area (Å²) in [7, 11) is 1.58. The van der Waals surface area contributed by atoms with Gasteiger partial charge in [0.25, 0.3) is 0 Å². The first-order valence-corrected chi connectivity index (χ1v) is 17.0. The average Bonchev–Trinajstić information content (AvgIpc) is 3.90. The van der Waals surface area contributed by atoms with E-state index in [0.717, 1.165) is 16.7 Å². The number of hydrogen-bond acceptors (Lipinski definition) is 10. The number of benzene rings is 4. The van der Waals surface area contributed by atoms with Crippen LogP contribution in [-0.2, 0) is 62.5 Å². The standard InChI is InChI=1S/C40H42O10/c1-42-39-36(45-24-29-18-10-4-11-19-29)35(50-40-37-34(49-37)32(48-40)26-46-38(41)30-20-12-5-13-21-30)33(44-23-28-16-8-3-9-17-28)31(47-39)25-43-22-27-14-6-2-7-15-27/h2-21,31-37,39-40H,22-26H2,1H3/t31-,32-,33+,34+,35-,36-,37+,39+,40+/m1/s1. The van der Waals surface area contributed by atoms with E-state index in [1.54, 1.807) is 31.4 Å². The Bertz CT molecular complexity index is 1610. The molecule has 3 fully saturated rings. The molecule has 0 aliphatic carbocycles. The molecule has 0 bridgehead atoms. The summed E-state index contributed by atoms with van der Waals surface area (Å²) in [6, 6.07) is 38.6. The summed E-state index contributed by atoms with van der Waals surface area (Å²) >= 11 is 0. The maximum atomic E-state index is 12.6. The minimum atomic E-state index is -0.800. The van der Waals surface area contributed by atoms with Crippen molar-refractivity contribution in [2.24, 2.45) is 0 Å². The number of carbonyl (C=O) groups is 1. The molecule has 10 heteroatoms. The Balaban J connectivity index is 1.10. The summed E-state index contributed by atoms with van der Waals surface area (Å²) in [6.45, 7) is 1.24. The molecule has 0 spiro atoms. The van der Waals surface area contributed by atoms with E-state index >= 15 is 0 Å². The lowest BCUT2D eigenvalue weighted by molar-refractivity contribution is -0.342. The number of carbonyl (C=O) groups excluding carboxylic acids is 1. The van der Waals surface area contributed by atoms with Crippen LogP contribution in [0.4, 0.5) is 0 Å². The van der Waals surface area contributed by atoms with Crippen LogP contribution >= 0.6 is 0 Å². The van der Waals surface area contributed by atoms with Crippen molar-refractivity contribution < 1.29 is 47.4 Å². The molecule has 0 unspecified atom stereocenters. The first-order valence-electron chi connectivity index (χ1n) is 17.0. The van der Waals surface area contributed by atoms with Gasteiger partial charge in [-0.2, -0.15) is 0 Å². The molecule has 4 aromatic rings. The van der Waals surface area contributed by atoms with E-state index < -0.39 is 49.1 Å². The fourth-order valence-corrected chi connectivity index (χ4v) is 6.33. The highest BCUT2D eigenvalue weighted by atomic mass is 16.8. The molecule has 0 saturated carbocycles. The van der Waals surface area contributed by atoms with E-state index in [1.165, 1.54) is 0 Å². The van der Waals surface area contributed by atoms with Gasteiger partial charge in [0.2, 0.25) is 0 Å². The minimum Gasteiger partial charge on any atom is -0.459 e. The molecule has 10 nitrogen and oxygen atoms in total. The van der Waals surface area contributed by atoms with Crippen LogP contribution in [0.2, 0.25) is 0 Å². The Morgan fingerprint density at radius 1 is 0.560 bits per heavy atom. The predicted molar refractivity (Wildman–Crippen MR) is 181 cm³/mol. The molecular formula is C40H42O10. The van der Waals surface area contributed by atoms with Crippen LogP contribution in [0.15, 0.2) is 121 Å². The molecule has 0 radical (unpaired) electrons. The summed E-state index contributed by atoms with van der Waals surface area (Å²) in [6.07, 6.45) is -5.30. The minimum absolute atomic E-state index is 0.0288. The van der Waals surface area contributed by atoms with Crippen molar-refractivity contribution >= 4 is 5.97 Å². The molecule has 7 rings (SSSR count). The third kappa shape index (κ3) is 8.66. The molecule has 0 aromatic heterocycles. The van der Waals surface area contributed by atoms with Crippen molar-refractivity contribution in [1.82, 2.24) is 0 Å². The molecule has 3 saturated heterocycles. The maximum absolute atomic E-state index is 12.6. The Hall–Kier alpha value is -3.97. The van der Waals surface area contributed by atoms with E-state index in [0.29, 0.717) is 25.4 Å². The van der Waals surface area contributed by atoms with E-state index in [9.17, 15) is 4.79 Å². The molecule has 3 heterocycles. The van der Waals surface area contributed by atoms with Crippen LogP contribution in [0, 0.1) is 0 Å². The van der Waals surface area contributed by atoms with E-state index in [-0.39, 0.29) is 25.4 Å². The van der Waals surface area contributed by atoms with Crippen LogP contribution in [0.25, 0.3) is 0 Å². The molecule has 0 N–H and O–H groups in total. The Labute approximate surface area is 292 Å². The number of hydrogen-bond donors (Lipinski definition) is 0. The summed E-state index contributed by atoms with van der Waals surface area (Å²) in [5, 5.41) is 0. The van der Waals surface area contributed by atoms with E-state index in [1.807, 2.05) is 97.1 Å². The Kier molecular flexibility index (Phi) is 11.6. The average molecular weight is 683 g/mol. The van der Waals surface area contributed by atoms with Gasteiger partial charge < -0.3 is 42.6 Å². The van der Waals surface area contributed by atoms with Crippen LogP contribution in [0.3, 0.4) is 0 Å². The maximum Gasteiger partial charge on any atom is 0.338 e. The highest BCUT2D eigenvalue weighted by Crippen LogP contribution is 2.42. The Morgan fingerprint density at radius 3 is 1.70 bits per heavy atom. The second-order valence-electron chi connectivity index (χ2n) is 12.5. The normalized spacial score (nSPS) is 28.5. The zero-order chi connectivity index (χ0) is 34.1. The van der Waals surface area contributed by atoms with Crippen molar-refractivity contribution in [3.8, 4) is 0 Å². The fourth-order valence-electron chi connectivity index (χ4n) is 6.33. The van der Waals surface area contributed by atoms with Crippen LogP contribution < -0.4 is 0 Å². The van der Waals surface area contributed by atoms with Crippen molar-refractivity contribution in [3.63, 3.8) is 0 Å². The van der Waals surface area contributed by atoms with Gasteiger partial charge in [0.1, 0.15) is 49.3 Å². The first-order chi connectivity index (χ1) is 24.7. The van der Waals surface area contributed by atoms with Gasteiger partial charge in [-0.15, -0.1) is 0 Å². The number of methoxy groups -OCH3 is 1. The molecule has 4 aromatic carbocycles. The number of esters is 1. The van der Waals surface area contributed by atoms with Gasteiger partial charge in [-0.25, -0.2) is 4.79 Å². The van der Waals surface area contributed by atoms with Gasteiger partial charge >= 0.3 is 5.97 Å². The largest absolute Gasteiger partial charge is 0.459 e. The second kappa shape index (κ2) is 16.8. The number of ether oxygens (including phenoxy) is 9. The number of epoxide rings is 1. The van der Waals surface area contributed by atoms with Crippen molar-refractivity contribution in [1.29, 1.82) is 0 Å². The molecule has 3 aliphatic rings. The molecule has 0 amide bonds. The summed E-state index contributed by atoms with van der Waals surface area (Å²) in [5.41, 5.74) is 3.49. The highest BCUT2D eigenvalue weighted by Gasteiger charge is 2.61. The summed E-state index contributed by atoms with van der Waals surface area (Å²) in [4.78, 5) is 12.6. The lowest BCUT2D eigenvalue weighted by Crippen LogP contribution is -2.62. The second-order valence-corrected chi connectivity index (χ2v) is 12.5.